The van der Waals surface area contributed by atoms with Crippen molar-refractivity contribution < 1.29 is 14.3 Å². The van der Waals surface area contributed by atoms with Gasteiger partial charge in [0.15, 0.2) is 5.60 Å². The zero-order valence-electron chi connectivity index (χ0n) is 18.2. The van der Waals surface area contributed by atoms with E-state index in [4.69, 9.17) is 4.74 Å². The quantitative estimate of drug-likeness (QED) is 0.777. The van der Waals surface area contributed by atoms with Crippen molar-refractivity contribution in [1.82, 2.24) is 15.2 Å². The smallest absolute Gasteiger partial charge is 0.254 e. The third-order valence-electron chi connectivity index (χ3n) is 6.55. The van der Waals surface area contributed by atoms with E-state index in [1.165, 1.54) is 12.8 Å². The number of amides is 2. The van der Waals surface area contributed by atoms with Crippen LogP contribution >= 0.6 is 0 Å². The van der Waals surface area contributed by atoms with Crippen molar-refractivity contribution in [3.63, 3.8) is 0 Å². The summed E-state index contributed by atoms with van der Waals surface area (Å²) >= 11 is 0. The molecule has 2 heterocycles. The Balaban J connectivity index is 1.54. The van der Waals surface area contributed by atoms with Gasteiger partial charge in [0.25, 0.3) is 5.91 Å². The van der Waals surface area contributed by atoms with Gasteiger partial charge < -0.3 is 15.0 Å². The minimum atomic E-state index is -1.07. The van der Waals surface area contributed by atoms with Crippen molar-refractivity contribution in [3.05, 3.63) is 54.4 Å². The fourth-order valence-electron chi connectivity index (χ4n) is 4.87. The zero-order chi connectivity index (χ0) is 21.7. The van der Waals surface area contributed by atoms with Gasteiger partial charge in [-0.3, -0.25) is 14.6 Å². The van der Waals surface area contributed by atoms with Crippen LogP contribution in [0.25, 0.3) is 11.1 Å². The molecule has 2 amide bonds. The molecule has 2 aromatic rings. The molecule has 164 valence electrons. The molecule has 0 bridgehead atoms. The lowest BCUT2D eigenvalue weighted by atomic mass is 9.89. The number of nitrogens with zero attached hydrogens (tertiary/aromatic N) is 2. The van der Waals surface area contributed by atoms with Crippen molar-refractivity contribution in [2.45, 2.75) is 44.1 Å². The highest BCUT2D eigenvalue weighted by Gasteiger charge is 2.44. The minimum Gasteiger partial charge on any atom is -0.361 e. The Morgan fingerprint density at radius 3 is 2.68 bits per heavy atom. The molecule has 1 unspecified atom stereocenters. The molecule has 31 heavy (non-hydrogen) atoms. The first-order valence-corrected chi connectivity index (χ1v) is 11.2. The Bertz CT molecular complexity index is 911. The summed E-state index contributed by atoms with van der Waals surface area (Å²) in [6, 6.07) is 12.1. The molecule has 2 aliphatic rings. The second-order valence-electron chi connectivity index (χ2n) is 8.70. The Hall–Kier alpha value is -2.73. The SMILES string of the molecule is CNC(=O)C1(Cc2cccc(-c3ccncc3)c2)CN(C(=O)CC2CCCC2)CCO1. The predicted octanol–water partition coefficient (Wildman–Crippen LogP) is 3.22. The van der Waals surface area contributed by atoms with Crippen molar-refractivity contribution in [1.29, 1.82) is 0 Å². The number of rotatable bonds is 6. The lowest BCUT2D eigenvalue weighted by molar-refractivity contribution is -0.166. The second-order valence-corrected chi connectivity index (χ2v) is 8.70. The summed E-state index contributed by atoms with van der Waals surface area (Å²) in [4.78, 5) is 31.9. The normalized spacial score (nSPS) is 21.8. The summed E-state index contributed by atoms with van der Waals surface area (Å²) in [5.74, 6) is 0.455. The third-order valence-corrected chi connectivity index (χ3v) is 6.55. The maximum atomic E-state index is 13.0. The number of benzene rings is 1. The van der Waals surface area contributed by atoms with Crippen molar-refractivity contribution in [2.24, 2.45) is 5.92 Å². The third kappa shape index (κ3) is 4.96. The largest absolute Gasteiger partial charge is 0.361 e. The Morgan fingerprint density at radius 2 is 1.94 bits per heavy atom. The van der Waals surface area contributed by atoms with Crippen LogP contribution in [0.15, 0.2) is 48.8 Å². The van der Waals surface area contributed by atoms with Crippen LogP contribution in [-0.2, 0) is 20.7 Å². The zero-order valence-corrected chi connectivity index (χ0v) is 18.2. The highest BCUT2D eigenvalue weighted by Crippen LogP contribution is 2.30. The minimum absolute atomic E-state index is 0.147. The molecule has 4 rings (SSSR count). The molecule has 1 aliphatic carbocycles. The number of carbonyl (C=O) groups excluding carboxylic acids is 2. The summed E-state index contributed by atoms with van der Waals surface area (Å²) in [6.07, 6.45) is 9.25. The molecule has 1 atom stereocenters. The molecule has 1 saturated heterocycles. The van der Waals surface area contributed by atoms with Crippen LogP contribution in [0.4, 0.5) is 0 Å². The van der Waals surface area contributed by atoms with Crippen LogP contribution in [0.2, 0.25) is 0 Å². The average molecular weight is 422 g/mol. The van der Waals surface area contributed by atoms with Gasteiger partial charge in [-0.2, -0.15) is 0 Å². The van der Waals surface area contributed by atoms with Gasteiger partial charge in [-0.1, -0.05) is 37.1 Å². The number of morpholine rings is 1. The van der Waals surface area contributed by atoms with Crippen LogP contribution in [0.1, 0.15) is 37.7 Å². The van der Waals surface area contributed by atoms with E-state index in [1.807, 2.05) is 35.2 Å². The number of carbonyl (C=O) groups is 2. The topological polar surface area (TPSA) is 71.5 Å². The molecule has 1 aliphatic heterocycles. The second kappa shape index (κ2) is 9.60. The van der Waals surface area contributed by atoms with Crippen LogP contribution in [-0.4, -0.2) is 54.0 Å². The standard InChI is InChI=1S/C25H31N3O3/c1-26-24(30)25(17-20-7-4-8-22(15-20)21-9-11-27-12-10-21)18-28(13-14-31-25)23(29)16-19-5-2-3-6-19/h4,7-12,15,19H,2-3,5-6,13-14,16-18H2,1H3,(H,26,30). The first kappa shape index (κ1) is 21.5. The summed E-state index contributed by atoms with van der Waals surface area (Å²) in [5, 5.41) is 2.76. The fourth-order valence-corrected chi connectivity index (χ4v) is 4.87. The van der Waals surface area contributed by atoms with Crippen LogP contribution < -0.4 is 5.32 Å². The lowest BCUT2D eigenvalue weighted by Gasteiger charge is -2.41. The van der Waals surface area contributed by atoms with Gasteiger partial charge >= 0.3 is 0 Å². The predicted molar refractivity (Wildman–Crippen MR) is 119 cm³/mol. The highest BCUT2D eigenvalue weighted by atomic mass is 16.5. The van der Waals surface area contributed by atoms with E-state index >= 15 is 0 Å². The maximum absolute atomic E-state index is 13.0. The molecule has 1 aromatic heterocycles. The molecule has 1 aromatic carbocycles. The van der Waals surface area contributed by atoms with Gasteiger partial charge in [0.1, 0.15) is 0 Å². The highest BCUT2D eigenvalue weighted by molar-refractivity contribution is 5.87. The van der Waals surface area contributed by atoms with Crippen molar-refractivity contribution in [2.75, 3.05) is 26.7 Å². The Morgan fingerprint density at radius 1 is 1.16 bits per heavy atom. The molecular weight excluding hydrogens is 390 g/mol. The van der Waals surface area contributed by atoms with Gasteiger partial charge in [-0.05, 0) is 47.6 Å². The van der Waals surface area contributed by atoms with E-state index in [0.717, 1.165) is 29.5 Å². The number of hydrogen-bond acceptors (Lipinski definition) is 4. The monoisotopic (exact) mass is 421 g/mol. The van der Waals surface area contributed by atoms with Crippen LogP contribution in [0, 0.1) is 5.92 Å². The van der Waals surface area contributed by atoms with Gasteiger partial charge in [0.05, 0.1) is 13.2 Å². The van der Waals surface area contributed by atoms with E-state index < -0.39 is 5.60 Å². The molecule has 0 radical (unpaired) electrons. The van der Waals surface area contributed by atoms with E-state index in [9.17, 15) is 9.59 Å². The Labute approximate surface area is 184 Å². The van der Waals surface area contributed by atoms with Gasteiger partial charge in [0.2, 0.25) is 5.91 Å². The molecule has 1 N–H and O–H groups in total. The summed E-state index contributed by atoms with van der Waals surface area (Å²) in [5.41, 5.74) is 2.07. The van der Waals surface area contributed by atoms with Crippen LogP contribution in [0.3, 0.4) is 0 Å². The molecule has 0 spiro atoms. The molecule has 6 nitrogen and oxygen atoms in total. The molecule has 2 fully saturated rings. The first-order chi connectivity index (χ1) is 15.1. The van der Waals surface area contributed by atoms with E-state index in [-0.39, 0.29) is 18.4 Å². The summed E-state index contributed by atoms with van der Waals surface area (Å²) < 4.78 is 6.10. The summed E-state index contributed by atoms with van der Waals surface area (Å²) in [7, 11) is 1.63. The number of hydrogen-bond donors (Lipinski definition) is 1. The van der Waals surface area contributed by atoms with Crippen molar-refractivity contribution >= 4 is 11.8 Å². The van der Waals surface area contributed by atoms with Crippen LogP contribution in [0.5, 0.6) is 0 Å². The fraction of sp³-hybridized carbons (Fsp3) is 0.480. The number of aromatic nitrogens is 1. The molecule has 6 heteroatoms. The number of ether oxygens (including phenoxy) is 1. The van der Waals surface area contributed by atoms with Crippen molar-refractivity contribution in [3.8, 4) is 11.1 Å². The maximum Gasteiger partial charge on any atom is 0.254 e. The van der Waals surface area contributed by atoms with Gasteiger partial charge in [-0.25, -0.2) is 0 Å². The number of nitrogens with one attached hydrogen (secondary N) is 1. The average Bonchev–Trinajstić information content (AvgIpc) is 3.32. The summed E-state index contributed by atoms with van der Waals surface area (Å²) in [6.45, 7) is 1.20. The van der Waals surface area contributed by atoms with E-state index in [0.29, 0.717) is 31.9 Å². The molecule has 1 saturated carbocycles. The van der Waals surface area contributed by atoms with Gasteiger partial charge in [-0.15, -0.1) is 0 Å². The van der Waals surface area contributed by atoms with E-state index in [1.54, 1.807) is 19.4 Å². The van der Waals surface area contributed by atoms with Gasteiger partial charge in [0, 0.05) is 38.8 Å². The Kier molecular flexibility index (Phi) is 6.66. The molecular formula is C25H31N3O3. The van der Waals surface area contributed by atoms with E-state index in [2.05, 4.69) is 16.4 Å². The number of pyridine rings is 1. The lowest BCUT2D eigenvalue weighted by Crippen LogP contribution is -2.61. The first-order valence-electron chi connectivity index (χ1n) is 11.2. The number of likely N-dealkylation sites (N-methyl/N-ethyl adjacent to an activating group) is 1.